The second-order valence-electron chi connectivity index (χ2n) is 7.63. The fourth-order valence-electron chi connectivity index (χ4n) is 3.69. The predicted octanol–water partition coefficient (Wildman–Crippen LogP) is 3.89. The number of primary amides is 1. The molecule has 1 amide bonds. The van der Waals surface area contributed by atoms with Crippen molar-refractivity contribution in [3.63, 3.8) is 0 Å². The van der Waals surface area contributed by atoms with Crippen LogP contribution in [0.3, 0.4) is 0 Å². The highest BCUT2D eigenvalue weighted by Crippen LogP contribution is 2.28. The smallest absolute Gasteiger partial charge is 0.248 e. The van der Waals surface area contributed by atoms with Gasteiger partial charge in [0.2, 0.25) is 17.8 Å². The van der Waals surface area contributed by atoms with Gasteiger partial charge in [-0.2, -0.15) is 15.0 Å². The molecule has 0 aliphatic heterocycles. The van der Waals surface area contributed by atoms with Crippen molar-refractivity contribution in [3.8, 4) is 0 Å². The number of anilines is 4. The van der Waals surface area contributed by atoms with Crippen LogP contribution in [0.25, 0.3) is 0 Å². The van der Waals surface area contributed by atoms with E-state index in [0.717, 1.165) is 29.2 Å². The lowest BCUT2D eigenvalue weighted by Gasteiger charge is -2.14. The third-order valence-corrected chi connectivity index (χ3v) is 5.33. The van der Waals surface area contributed by atoms with Crippen molar-refractivity contribution in [2.45, 2.75) is 39.0 Å². The maximum absolute atomic E-state index is 11.6. The molecular formula is C22H25N7O. The molecule has 4 rings (SSSR count). The van der Waals surface area contributed by atoms with E-state index in [0.29, 0.717) is 23.4 Å². The number of aryl methyl sites for hydroxylation is 1. The molecule has 4 N–H and O–H groups in total. The number of rotatable bonds is 7. The molecule has 1 aliphatic carbocycles. The average Bonchev–Trinajstić information content (AvgIpc) is 3.23. The van der Waals surface area contributed by atoms with Gasteiger partial charge in [-0.1, -0.05) is 31.7 Å². The highest BCUT2D eigenvalue weighted by atomic mass is 16.1. The molecule has 30 heavy (non-hydrogen) atoms. The third-order valence-electron chi connectivity index (χ3n) is 5.33. The van der Waals surface area contributed by atoms with Gasteiger partial charge in [0, 0.05) is 35.8 Å². The molecule has 8 heteroatoms. The van der Waals surface area contributed by atoms with Gasteiger partial charge in [0.05, 0.1) is 0 Å². The van der Waals surface area contributed by atoms with Crippen molar-refractivity contribution in [2.24, 2.45) is 11.7 Å². The molecule has 3 aromatic rings. The minimum atomic E-state index is -0.476. The summed E-state index contributed by atoms with van der Waals surface area (Å²) < 4.78 is 0. The summed E-state index contributed by atoms with van der Waals surface area (Å²) >= 11 is 0. The molecule has 2 heterocycles. The lowest BCUT2D eigenvalue weighted by molar-refractivity contribution is 0.100. The van der Waals surface area contributed by atoms with Crippen LogP contribution < -0.4 is 16.4 Å². The summed E-state index contributed by atoms with van der Waals surface area (Å²) in [7, 11) is 0. The number of carbonyl (C=O) groups is 1. The number of carbonyl (C=O) groups excluding carboxylic acids is 1. The first-order valence-corrected chi connectivity index (χ1v) is 10.2. The number of pyridine rings is 1. The number of aromatic nitrogens is 4. The van der Waals surface area contributed by atoms with Crippen LogP contribution in [0.4, 0.5) is 23.3 Å². The van der Waals surface area contributed by atoms with Gasteiger partial charge in [-0.15, -0.1) is 0 Å². The summed E-state index contributed by atoms with van der Waals surface area (Å²) in [5, 5.41) is 6.46. The number of nitrogens with zero attached hydrogens (tertiary/aromatic N) is 4. The van der Waals surface area contributed by atoms with E-state index in [2.05, 4.69) is 30.6 Å². The fraction of sp³-hybridized carbons (Fsp3) is 0.318. The topological polar surface area (TPSA) is 119 Å². The molecule has 2 aromatic heterocycles. The van der Waals surface area contributed by atoms with E-state index >= 15 is 0 Å². The Kier molecular flexibility index (Phi) is 5.83. The van der Waals surface area contributed by atoms with Gasteiger partial charge in [-0.3, -0.25) is 9.78 Å². The van der Waals surface area contributed by atoms with Crippen LogP contribution in [0.5, 0.6) is 0 Å². The van der Waals surface area contributed by atoms with E-state index in [1.807, 2.05) is 25.1 Å². The van der Waals surface area contributed by atoms with Crippen LogP contribution in [-0.2, 0) is 6.42 Å². The minimum Gasteiger partial charge on any atom is -0.366 e. The van der Waals surface area contributed by atoms with Gasteiger partial charge in [0.1, 0.15) is 5.82 Å². The van der Waals surface area contributed by atoms with Crippen LogP contribution in [0.1, 0.15) is 47.4 Å². The number of hydrogen-bond acceptors (Lipinski definition) is 7. The van der Waals surface area contributed by atoms with Crippen molar-refractivity contribution < 1.29 is 4.79 Å². The van der Waals surface area contributed by atoms with Crippen molar-refractivity contribution in [2.75, 3.05) is 10.6 Å². The van der Waals surface area contributed by atoms with Crippen LogP contribution in [0, 0.1) is 12.8 Å². The van der Waals surface area contributed by atoms with E-state index < -0.39 is 5.91 Å². The molecule has 0 bridgehead atoms. The Balaban J connectivity index is 1.64. The maximum atomic E-state index is 11.6. The number of nitrogens with one attached hydrogen (secondary N) is 2. The van der Waals surface area contributed by atoms with E-state index in [-0.39, 0.29) is 0 Å². The molecular weight excluding hydrogens is 378 g/mol. The second kappa shape index (κ2) is 8.86. The van der Waals surface area contributed by atoms with Crippen LogP contribution in [0.15, 0.2) is 42.7 Å². The molecule has 0 unspecified atom stereocenters. The fourth-order valence-corrected chi connectivity index (χ4v) is 3.69. The Morgan fingerprint density at radius 2 is 1.73 bits per heavy atom. The standard InChI is InChI=1S/C22H25N7O/c1-14-6-7-16(20(23)30)13-18(14)26-22-28-19(12-15-4-2-3-5-15)27-21(29-22)25-17-8-10-24-11-9-17/h6-11,13,15H,2-5,12H2,1H3,(H2,23,30)(H2,24,25,26,27,28,29). The molecule has 0 radical (unpaired) electrons. The van der Waals surface area contributed by atoms with Gasteiger partial charge in [-0.25, -0.2) is 0 Å². The molecule has 154 valence electrons. The number of amides is 1. The molecule has 1 saturated carbocycles. The van der Waals surface area contributed by atoms with E-state index in [9.17, 15) is 4.79 Å². The quantitative estimate of drug-likeness (QED) is 0.547. The summed E-state index contributed by atoms with van der Waals surface area (Å²) in [6.07, 6.45) is 9.19. The highest BCUT2D eigenvalue weighted by Gasteiger charge is 2.18. The van der Waals surface area contributed by atoms with Gasteiger partial charge < -0.3 is 16.4 Å². The largest absolute Gasteiger partial charge is 0.366 e. The number of benzene rings is 1. The summed E-state index contributed by atoms with van der Waals surface area (Å²) in [4.78, 5) is 29.4. The first-order valence-electron chi connectivity index (χ1n) is 10.2. The molecule has 0 atom stereocenters. The zero-order chi connectivity index (χ0) is 20.9. The Hall–Kier alpha value is -3.55. The summed E-state index contributed by atoms with van der Waals surface area (Å²) in [5.41, 5.74) is 8.40. The second-order valence-corrected chi connectivity index (χ2v) is 7.63. The van der Waals surface area contributed by atoms with Gasteiger partial charge in [0.15, 0.2) is 0 Å². The lowest BCUT2D eigenvalue weighted by Crippen LogP contribution is -2.13. The Morgan fingerprint density at radius 1 is 1.03 bits per heavy atom. The van der Waals surface area contributed by atoms with Crippen LogP contribution in [0.2, 0.25) is 0 Å². The summed E-state index contributed by atoms with van der Waals surface area (Å²) in [6, 6.07) is 8.98. The SMILES string of the molecule is Cc1ccc(C(N)=O)cc1Nc1nc(CC2CCCC2)nc(Nc2ccncc2)n1. The third kappa shape index (κ3) is 4.89. The predicted molar refractivity (Wildman–Crippen MR) is 116 cm³/mol. The van der Waals surface area contributed by atoms with Crippen LogP contribution >= 0.6 is 0 Å². The van der Waals surface area contributed by atoms with Crippen molar-refractivity contribution >= 4 is 29.2 Å². The lowest BCUT2D eigenvalue weighted by atomic mass is 10.0. The molecule has 0 saturated heterocycles. The zero-order valence-corrected chi connectivity index (χ0v) is 16.9. The Bertz CT molecular complexity index is 1030. The average molecular weight is 403 g/mol. The summed E-state index contributed by atoms with van der Waals surface area (Å²) in [6.45, 7) is 1.95. The van der Waals surface area contributed by atoms with Gasteiger partial charge in [-0.05, 0) is 42.7 Å². The first kappa shape index (κ1) is 19.8. The molecule has 1 fully saturated rings. The summed E-state index contributed by atoms with van der Waals surface area (Å²) in [5.74, 6) is 1.78. The highest BCUT2D eigenvalue weighted by molar-refractivity contribution is 5.94. The van der Waals surface area contributed by atoms with Crippen molar-refractivity contribution in [3.05, 3.63) is 59.7 Å². The normalized spacial score (nSPS) is 13.9. The maximum Gasteiger partial charge on any atom is 0.248 e. The molecule has 1 aromatic carbocycles. The Labute approximate surface area is 175 Å². The van der Waals surface area contributed by atoms with E-state index in [1.165, 1.54) is 25.7 Å². The number of hydrogen-bond donors (Lipinski definition) is 3. The van der Waals surface area contributed by atoms with Gasteiger partial charge >= 0.3 is 0 Å². The Morgan fingerprint density at radius 3 is 2.43 bits per heavy atom. The minimum absolute atomic E-state index is 0.429. The van der Waals surface area contributed by atoms with E-state index in [4.69, 9.17) is 5.73 Å². The molecule has 8 nitrogen and oxygen atoms in total. The van der Waals surface area contributed by atoms with Crippen LogP contribution in [-0.4, -0.2) is 25.8 Å². The van der Waals surface area contributed by atoms with Gasteiger partial charge in [0.25, 0.3) is 0 Å². The van der Waals surface area contributed by atoms with Crippen molar-refractivity contribution in [1.82, 2.24) is 19.9 Å². The molecule has 1 aliphatic rings. The molecule has 0 spiro atoms. The number of nitrogens with two attached hydrogens (primary N) is 1. The zero-order valence-electron chi connectivity index (χ0n) is 16.9. The van der Waals surface area contributed by atoms with Crippen molar-refractivity contribution in [1.29, 1.82) is 0 Å². The van der Waals surface area contributed by atoms with E-state index in [1.54, 1.807) is 24.5 Å². The first-order chi connectivity index (χ1) is 14.6. The monoisotopic (exact) mass is 403 g/mol.